The van der Waals surface area contributed by atoms with E-state index in [-0.39, 0.29) is 23.1 Å². The van der Waals surface area contributed by atoms with E-state index in [0.29, 0.717) is 25.2 Å². The van der Waals surface area contributed by atoms with Crippen LogP contribution in [0.3, 0.4) is 0 Å². The molecule has 0 spiro atoms. The van der Waals surface area contributed by atoms with E-state index in [9.17, 15) is 18.0 Å². The zero-order chi connectivity index (χ0) is 21.9. The second-order valence-corrected chi connectivity index (χ2v) is 7.91. The maximum atomic E-state index is 13.5. The second kappa shape index (κ2) is 8.90. The molecule has 0 fully saturated rings. The molecule has 30 heavy (non-hydrogen) atoms. The van der Waals surface area contributed by atoms with Gasteiger partial charge in [-0.2, -0.15) is 13.2 Å². The molecule has 1 aliphatic rings. The van der Waals surface area contributed by atoms with Crippen LogP contribution in [0.1, 0.15) is 42.5 Å². The van der Waals surface area contributed by atoms with E-state index in [1.54, 1.807) is 0 Å². The average Bonchev–Trinajstić information content (AvgIpc) is 3.50. The molecule has 2 aromatic carbocycles. The minimum Gasteiger partial charge on any atom is -0.481 e. The third-order valence-electron chi connectivity index (χ3n) is 4.73. The maximum Gasteiger partial charge on any atom is 0.417 e. The van der Waals surface area contributed by atoms with Crippen molar-refractivity contribution in [2.75, 3.05) is 6.54 Å². The highest BCUT2D eigenvalue weighted by Gasteiger charge is 2.36. The Morgan fingerprint density at radius 2 is 1.93 bits per heavy atom. The lowest BCUT2D eigenvalue weighted by atomic mass is 10.0. The maximum absolute atomic E-state index is 13.5. The number of carbonyl (C=O) groups excluding carboxylic acids is 1. The van der Waals surface area contributed by atoms with Crippen LogP contribution in [0.4, 0.5) is 13.2 Å². The van der Waals surface area contributed by atoms with E-state index in [4.69, 9.17) is 4.74 Å². The van der Waals surface area contributed by atoms with Crippen LogP contribution in [0.25, 0.3) is 0 Å². The Balaban J connectivity index is 1.75. The average molecular weight is 418 g/mol. The Kier molecular flexibility index (Phi) is 6.48. The van der Waals surface area contributed by atoms with Gasteiger partial charge in [-0.3, -0.25) is 9.79 Å². The number of aliphatic imine (C=N–C) groups is 1. The van der Waals surface area contributed by atoms with Gasteiger partial charge in [-0.15, -0.1) is 0 Å². The van der Waals surface area contributed by atoms with E-state index >= 15 is 0 Å². The van der Waals surface area contributed by atoms with Gasteiger partial charge in [0.2, 0.25) is 0 Å². The first-order valence-electron chi connectivity index (χ1n) is 9.88. The number of carbonyl (C=O) groups is 1. The Hall–Kier alpha value is -2.83. The number of nitrogens with zero attached hydrogens (tertiary/aromatic N) is 1. The summed E-state index contributed by atoms with van der Waals surface area (Å²) in [5.74, 6) is -0.208. The minimum atomic E-state index is -4.53. The zero-order valence-corrected chi connectivity index (χ0v) is 17.2. The van der Waals surface area contributed by atoms with Crippen molar-refractivity contribution in [1.29, 1.82) is 0 Å². The first-order valence-corrected chi connectivity index (χ1v) is 9.88. The van der Waals surface area contributed by atoms with Crippen LogP contribution in [-0.2, 0) is 17.5 Å². The molecule has 4 nitrogen and oxygen atoms in total. The van der Waals surface area contributed by atoms with Crippen molar-refractivity contribution in [1.82, 2.24) is 5.32 Å². The highest BCUT2D eigenvalue weighted by molar-refractivity contribution is 6.11. The predicted molar refractivity (Wildman–Crippen MR) is 110 cm³/mol. The Morgan fingerprint density at radius 1 is 1.20 bits per heavy atom. The van der Waals surface area contributed by atoms with Crippen molar-refractivity contribution in [3.05, 3.63) is 64.7 Å². The molecule has 0 bridgehead atoms. The highest BCUT2D eigenvalue weighted by atomic mass is 19.4. The fraction of sp³-hybridized carbons (Fsp3) is 0.391. The number of rotatable bonds is 8. The molecule has 1 aliphatic heterocycles. The van der Waals surface area contributed by atoms with E-state index < -0.39 is 17.8 Å². The lowest BCUT2D eigenvalue weighted by Gasteiger charge is -2.21. The molecule has 0 aliphatic carbocycles. The molecule has 1 amide bonds. The number of ether oxygens (including phenoxy) is 1. The number of alkyl halides is 3. The smallest absolute Gasteiger partial charge is 0.417 e. The molecule has 1 N–H and O–H groups in total. The Morgan fingerprint density at radius 3 is 2.53 bits per heavy atom. The highest BCUT2D eigenvalue weighted by Crippen LogP contribution is 2.36. The molecule has 0 saturated heterocycles. The van der Waals surface area contributed by atoms with E-state index in [1.807, 2.05) is 45.0 Å². The summed E-state index contributed by atoms with van der Waals surface area (Å²) in [5.41, 5.74) is 1.74. The third-order valence-corrected chi connectivity index (χ3v) is 4.73. The Bertz CT molecular complexity index is 952. The van der Waals surface area contributed by atoms with Gasteiger partial charge in [-0.25, -0.2) is 0 Å². The van der Waals surface area contributed by atoms with Crippen molar-refractivity contribution in [2.24, 2.45) is 10.9 Å². The summed E-state index contributed by atoms with van der Waals surface area (Å²) in [7, 11) is 0. The topological polar surface area (TPSA) is 50.7 Å². The van der Waals surface area contributed by atoms with Crippen LogP contribution in [0.15, 0.2) is 47.5 Å². The van der Waals surface area contributed by atoms with Crippen LogP contribution in [0, 0.1) is 12.8 Å². The number of hydrogen-bond donors (Lipinski definition) is 1. The first kappa shape index (κ1) is 21.9. The summed E-state index contributed by atoms with van der Waals surface area (Å²) < 4.78 is 46.2. The normalized spacial score (nSPS) is 14.3. The van der Waals surface area contributed by atoms with Crippen LogP contribution in [-0.4, -0.2) is 24.3 Å². The van der Waals surface area contributed by atoms with Gasteiger partial charge in [0, 0.05) is 12.1 Å². The molecule has 3 rings (SSSR count). The van der Waals surface area contributed by atoms with Gasteiger partial charge < -0.3 is 10.1 Å². The van der Waals surface area contributed by atoms with Crippen molar-refractivity contribution in [3.63, 3.8) is 0 Å². The SMILES string of the molecule is Cc1cccc(CNC(=O)C(CC(C)C)Oc2ccc(C3=NC3)c(C(F)(F)F)c2)c1. The van der Waals surface area contributed by atoms with Crippen LogP contribution in [0.2, 0.25) is 0 Å². The number of benzene rings is 2. The fourth-order valence-corrected chi connectivity index (χ4v) is 3.22. The molecular weight excluding hydrogens is 393 g/mol. The standard InChI is InChI=1S/C23H25F3N2O2/c1-14(2)9-21(22(29)28-12-16-6-4-5-15(3)10-16)30-17-7-8-18(20-13-27-20)19(11-17)23(24,25)26/h4-8,10-11,14,21H,9,12-13H2,1-3H3,(H,28,29). The zero-order valence-electron chi connectivity index (χ0n) is 17.2. The quantitative estimate of drug-likeness (QED) is 0.661. The summed E-state index contributed by atoms with van der Waals surface area (Å²) in [4.78, 5) is 16.6. The van der Waals surface area contributed by atoms with Crippen molar-refractivity contribution >= 4 is 11.6 Å². The van der Waals surface area contributed by atoms with Gasteiger partial charge in [-0.05, 0) is 43.0 Å². The summed E-state index contributed by atoms with van der Waals surface area (Å²) in [6.45, 7) is 6.47. The predicted octanol–water partition coefficient (Wildman–Crippen LogP) is 4.93. The molecule has 2 aromatic rings. The lowest BCUT2D eigenvalue weighted by Crippen LogP contribution is -2.39. The van der Waals surface area contributed by atoms with Crippen LogP contribution >= 0.6 is 0 Å². The molecular formula is C23H25F3N2O2. The number of halogens is 3. The molecule has 1 atom stereocenters. The molecule has 7 heteroatoms. The number of amides is 1. The molecule has 160 valence electrons. The molecule has 0 aromatic heterocycles. The van der Waals surface area contributed by atoms with Gasteiger partial charge in [0.1, 0.15) is 5.75 Å². The number of nitrogens with one attached hydrogen (secondary N) is 1. The first-order chi connectivity index (χ1) is 14.1. The van der Waals surface area contributed by atoms with Crippen LogP contribution < -0.4 is 10.1 Å². The summed E-state index contributed by atoms with van der Waals surface area (Å²) in [5, 5.41) is 2.83. The largest absolute Gasteiger partial charge is 0.481 e. The van der Waals surface area contributed by atoms with Gasteiger partial charge in [-0.1, -0.05) is 43.7 Å². The fourth-order valence-electron chi connectivity index (χ4n) is 3.22. The number of aryl methyl sites for hydroxylation is 1. The number of hydrogen-bond acceptors (Lipinski definition) is 3. The van der Waals surface area contributed by atoms with E-state index in [2.05, 4.69) is 10.3 Å². The van der Waals surface area contributed by atoms with Gasteiger partial charge in [0.25, 0.3) is 5.91 Å². The summed E-state index contributed by atoms with van der Waals surface area (Å²) >= 11 is 0. The lowest BCUT2D eigenvalue weighted by molar-refractivity contribution is -0.137. The van der Waals surface area contributed by atoms with E-state index in [1.165, 1.54) is 12.1 Å². The van der Waals surface area contributed by atoms with Gasteiger partial charge in [0.15, 0.2) is 6.10 Å². The molecule has 1 unspecified atom stereocenters. The van der Waals surface area contributed by atoms with Crippen molar-refractivity contribution in [3.8, 4) is 5.75 Å². The summed E-state index contributed by atoms with van der Waals surface area (Å²) in [6.07, 6.45) is -5.03. The Labute approximate surface area is 174 Å². The summed E-state index contributed by atoms with van der Waals surface area (Å²) in [6, 6.07) is 11.5. The minimum absolute atomic E-state index is 0.0173. The second-order valence-electron chi connectivity index (χ2n) is 7.91. The molecule has 0 radical (unpaired) electrons. The molecule has 0 saturated carbocycles. The molecule has 1 heterocycles. The van der Waals surface area contributed by atoms with Crippen molar-refractivity contribution in [2.45, 2.75) is 46.0 Å². The third kappa shape index (κ3) is 5.84. The van der Waals surface area contributed by atoms with Gasteiger partial charge in [0.05, 0.1) is 17.8 Å². The van der Waals surface area contributed by atoms with Crippen LogP contribution in [0.5, 0.6) is 5.75 Å². The monoisotopic (exact) mass is 418 g/mol. The van der Waals surface area contributed by atoms with E-state index in [0.717, 1.165) is 17.2 Å². The van der Waals surface area contributed by atoms with Gasteiger partial charge >= 0.3 is 6.18 Å². The van der Waals surface area contributed by atoms with Crippen molar-refractivity contribution < 1.29 is 22.7 Å².